The molecule has 30 heavy (non-hydrogen) atoms. The number of nitrogen functional groups attached to an aromatic ring is 1. The third-order valence-corrected chi connectivity index (χ3v) is 4.00. The zero-order valence-corrected chi connectivity index (χ0v) is 15.3. The summed E-state index contributed by atoms with van der Waals surface area (Å²) >= 11 is 0. The van der Waals surface area contributed by atoms with Crippen molar-refractivity contribution >= 4 is 11.9 Å². The van der Waals surface area contributed by atoms with E-state index in [1.165, 1.54) is 6.07 Å². The third kappa shape index (κ3) is 5.20. The molecule has 11 heteroatoms. The number of aliphatic carboxylic acids is 1. The first-order valence-electron chi connectivity index (χ1n) is 8.56. The average Bonchev–Trinajstić information content (AvgIpc) is 2.67. The van der Waals surface area contributed by atoms with E-state index in [4.69, 9.17) is 16.6 Å². The highest BCUT2D eigenvalue weighted by atomic mass is 19.4. The van der Waals surface area contributed by atoms with Crippen LogP contribution in [-0.2, 0) is 11.2 Å². The molecule has 0 fully saturated rings. The fourth-order valence-electron chi connectivity index (χ4n) is 2.78. The number of aromatic nitrogens is 3. The minimum atomic E-state index is -4.95. The maximum absolute atomic E-state index is 12.8. The minimum Gasteiger partial charge on any atom is -0.480 e. The van der Waals surface area contributed by atoms with Crippen molar-refractivity contribution in [2.45, 2.75) is 18.8 Å². The molecule has 1 atom stereocenters. The summed E-state index contributed by atoms with van der Waals surface area (Å²) < 4.78 is 42.4. The van der Waals surface area contributed by atoms with E-state index in [1.54, 1.807) is 30.3 Å². The van der Waals surface area contributed by atoms with Gasteiger partial charge < -0.3 is 21.3 Å². The molecular formula is C19H16F3N5O3. The average molecular weight is 419 g/mol. The van der Waals surface area contributed by atoms with Gasteiger partial charge in [0.15, 0.2) is 0 Å². The fourth-order valence-corrected chi connectivity index (χ4v) is 2.78. The standard InChI is InChI=1S/C19H16F3N5O3/c20-19(21,22)30-13-7-10(8-14(23)17(28)29)6-12(9-13)16-15(25-18(24)27-26-16)11-4-2-1-3-5-11/h1-7,9,14H,8,23H2,(H,28,29)(H2,24,25,27)/t14-/m0/s1. The highest BCUT2D eigenvalue weighted by molar-refractivity contribution is 5.79. The van der Waals surface area contributed by atoms with Crippen LogP contribution in [0.4, 0.5) is 19.1 Å². The van der Waals surface area contributed by atoms with Crippen LogP contribution in [0.1, 0.15) is 5.56 Å². The summed E-state index contributed by atoms with van der Waals surface area (Å²) in [5.41, 5.74) is 12.6. The van der Waals surface area contributed by atoms with Crippen molar-refractivity contribution in [2.24, 2.45) is 5.73 Å². The van der Waals surface area contributed by atoms with Gasteiger partial charge in [0.2, 0.25) is 5.95 Å². The molecule has 0 saturated heterocycles. The third-order valence-electron chi connectivity index (χ3n) is 4.00. The number of nitrogens with two attached hydrogens (primary N) is 2. The molecule has 3 rings (SSSR count). The van der Waals surface area contributed by atoms with E-state index in [9.17, 15) is 18.0 Å². The van der Waals surface area contributed by atoms with Gasteiger partial charge in [0.05, 0.1) is 0 Å². The second kappa shape index (κ2) is 8.33. The van der Waals surface area contributed by atoms with E-state index in [0.29, 0.717) is 11.3 Å². The van der Waals surface area contributed by atoms with E-state index >= 15 is 0 Å². The molecular weight excluding hydrogens is 403 g/mol. The van der Waals surface area contributed by atoms with Crippen molar-refractivity contribution in [3.63, 3.8) is 0 Å². The van der Waals surface area contributed by atoms with E-state index in [2.05, 4.69) is 19.9 Å². The molecule has 0 saturated carbocycles. The molecule has 0 aliphatic carbocycles. The lowest BCUT2D eigenvalue weighted by Crippen LogP contribution is -2.32. The van der Waals surface area contributed by atoms with Crippen LogP contribution in [0.3, 0.4) is 0 Å². The van der Waals surface area contributed by atoms with Gasteiger partial charge in [0.1, 0.15) is 23.2 Å². The van der Waals surface area contributed by atoms with Gasteiger partial charge in [-0.1, -0.05) is 30.3 Å². The van der Waals surface area contributed by atoms with Gasteiger partial charge in [-0.25, -0.2) is 4.98 Å². The van der Waals surface area contributed by atoms with Gasteiger partial charge in [0.25, 0.3) is 0 Å². The summed E-state index contributed by atoms with van der Waals surface area (Å²) in [7, 11) is 0. The Morgan fingerprint density at radius 3 is 2.40 bits per heavy atom. The minimum absolute atomic E-state index is 0.117. The van der Waals surface area contributed by atoms with Gasteiger partial charge in [-0.3, -0.25) is 4.79 Å². The first kappa shape index (κ1) is 21.0. The molecule has 1 aromatic heterocycles. The predicted octanol–water partition coefficient (Wildman–Crippen LogP) is 2.64. The summed E-state index contributed by atoms with van der Waals surface area (Å²) in [5, 5.41) is 16.7. The molecule has 0 unspecified atom stereocenters. The van der Waals surface area contributed by atoms with Gasteiger partial charge in [-0.15, -0.1) is 23.4 Å². The van der Waals surface area contributed by atoms with E-state index in [0.717, 1.165) is 12.1 Å². The van der Waals surface area contributed by atoms with Crippen LogP contribution in [0.25, 0.3) is 22.5 Å². The monoisotopic (exact) mass is 419 g/mol. The van der Waals surface area contributed by atoms with Gasteiger partial charge in [0, 0.05) is 11.1 Å². The van der Waals surface area contributed by atoms with Crippen LogP contribution in [-0.4, -0.2) is 38.7 Å². The van der Waals surface area contributed by atoms with Gasteiger partial charge in [-0.05, 0) is 30.2 Å². The van der Waals surface area contributed by atoms with Crippen LogP contribution >= 0.6 is 0 Å². The molecule has 0 aliphatic rings. The van der Waals surface area contributed by atoms with Gasteiger partial charge in [-0.2, -0.15) is 0 Å². The highest BCUT2D eigenvalue weighted by Gasteiger charge is 2.31. The molecule has 0 radical (unpaired) electrons. The first-order chi connectivity index (χ1) is 14.1. The number of carboxylic acids is 1. The van der Waals surface area contributed by atoms with E-state index in [-0.39, 0.29) is 29.2 Å². The number of alkyl halides is 3. The lowest BCUT2D eigenvalue weighted by atomic mass is 9.99. The Morgan fingerprint density at radius 2 is 1.77 bits per heavy atom. The SMILES string of the molecule is Nc1nnc(-c2cc(C[C@H](N)C(=O)O)cc(OC(F)(F)F)c2)c(-c2ccccc2)n1. The summed E-state index contributed by atoms with van der Waals surface area (Å²) in [6, 6.07) is 11.1. The molecule has 1 heterocycles. The summed E-state index contributed by atoms with van der Waals surface area (Å²) in [6.07, 6.45) is -5.17. The molecule has 2 aromatic carbocycles. The topological polar surface area (TPSA) is 137 Å². The maximum atomic E-state index is 12.8. The number of carboxylic acid groups (broad SMARTS) is 1. The quantitative estimate of drug-likeness (QED) is 0.555. The van der Waals surface area contributed by atoms with Crippen LogP contribution in [0.5, 0.6) is 5.75 Å². The second-order valence-electron chi connectivity index (χ2n) is 6.30. The zero-order valence-electron chi connectivity index (χ0n) is 15.3. The summed E-state index contributed by atoms with van der Waals surface area (Å²) in [6.45, 7) is 0. The molecule has 8 nitrogen and oxygen atoms in total. The molecule has 5 N–H and O–H groups in total. The fraction of sp³-hybridized carbons (Fsp3) is 0.158. The van der Waals surface area contributed by atoms with Crippen molar-refractivity contribution in [3.05, 3.63) is 54.1 Å². The van der Waals surface area contributed by atoms with Crippen molar-refractivity contribution in [1.82, 2.24) is 15.2 Å². The van der Waals surface area contributed by atoms with Crippen LogP contribution in [0.2, 0.25) is 0 Å². The summed E-state index contributed by atoms with van der Waals surface area (Å²) in [4.78, 5) is 15.2. The predicted molar refractivity (Wildman–Crippen MR) is 101 cm³/mol. The Morgan fingerprint density at radius 1 is 1.07 bits per heavy atom. The van der Waals surface area contributed by atoms with Crippen molar-refractivity contribution in [2.75, 3.05) is 5.73 Å². The number of rotatable bonds is 6. The molecule has 156 valence electrons. The normalized spacial score (nSPS) is 12.4. The zero-order chi connectivity index (χ0) is 21.9. The molecule has 0 aliphatic heterocycles. The number of ether oxygens (including phenoxy) is 1. The van der Waals surface area contributed by atoms with Crippen LogP contribution < -0.4 is 16.2 Å². The molecule has 0 amide bonds. The number of nitrogens with zero attached hydrogens (tertiary/aromatic N) is 3. The van der Waals surface area contributed by atoms with E-state index < -0.39 is 24.1 Å². The Balaban J connectivity index is 2.15. The van der Waals surface area contributed by atoms with Crippen molar-refractivity contribution in [3.8, 4) is 28.3 Å². The van der Waals surface area contributed by atoms with E-state index in [1.807, 2.05) is 0 Å². The first-order valence-corrected chi connectivity index (χ1v) is 8.56. The Kier molecular flexibility index (Phi) is 5.83. The van der Waals surface area contributed by atoms with Crippen molar-refractivity contribution < 1.29 is 27.8 Å². The van der Waals surface area contributed by atoms with Crippen LogP contribution in [0, 0.1) is 0 Å². The number of benzene rings is 2. The smallest absolute Gasteiger partial charge is 0.480 e. The Bertz CT molecular complexity index is 1060. The molecule has 0 bridgehead atoms. The number of anilines is 1. The highest BCUT2D eigenvalue weighted by Crippen LogP contribution is 2.33. The number of hydrogen-bond acceptors (Lipinski definition) is 7. The van der Waals surface area contributed by atoms with Crippen LogP contribution in [0.15, 0.2) is 48.5 Å². The number of carbonyl (C=O) groups is 1. The van der Waals surface area contributed by atoms with Gasteiger partial charge >= 0.3 is 12.3 Å². The summed E-state index contributed by atoms with van der Waals surface area (Å²) in [5.74, 6) is -1.96. The second-order valence-corrected chi connectivity index (χ2v) is 6.30. The maximum Gasteiger partial charge on any atom is 0.573 e. The lowest BCUT2D eigenvalue weighted by molar-refractivity contribution is -0.274. The Hall–Kier alpha value is -3.73. The van der Waals surface area contributed by atoms with Crippen molar-refractivity contribution in [1.29, 1.82) is 0 Å². The molecule has 3 aromatic rings. The lowest BCUT2D eigenvalue weighted by Gasteiger charge is -2.15. The number of halogens is 3. The largest absolute Gasteiger partial charge is 0.573 e. The molecule has 0 spiro atoms. The Labute approximate surface area is 168 Å². The number of hydrogen-bond donors (Lipinski definition) is 3.